The molecular weight excluding hydrogens is 232 g/mol. The summed E-state index contributed by atoms with van der Waals surface area (Å²) in [5, 5.41) is -0.0538. The molecule has 0 aromatic rings. The van der Waals surface area contributed by atoms with Gasteiger partial charge in [-0.1, -0.05) is 0 Å². The second kappa shape index (κ2) is 3.99. The topological polar surface area (TPSA) is 78.1 Å². The molecule has 6 N–H and O–H groups in total. The third kappa shape index (κ3) is 2.41. The van der Waals surface area contributed by atoms with Crippen molar-refractivity contribution in [3.05, 3.63) is 0 Å². The van der Waals surface area contributed by atoms with Crippen LogP contribution in [0.4, 0.5) is 0 Å². The van der Waals surface area contributed by atoms with Crippen molar-refractivity contribution in [2.24, 2.45) is 17.5 Å². The average Bonchev–Trinajstić information content (AvgIpc) is 1.67. The van der Waals surface area contributed by atoms with E-state index >= 15 is 0 Å². The Balaban J connectivity index is 6.37. The van der Waals surface area contributed by atoms with Crippen LogP contribution in [0.15, 0.2) is 0 Å². The highest BCUT2D eigenvalue weighted by Gasteiger charge is 2.88. The minimum absolute atomic E-state index is 0.0538. The summed E-state index contributed by atoms with van der Waals surface area (Å²) in [5.41, 5.74) is 0. The normalized spacial score (nSPS) is 16.2. The van der Waals surface area contributed by atoms with Crippen LogP contribution in [0.25, 0.3) is 0 Å². The fourth-order valence-corrected chi connectivity index (χ4v) is 13.8. The van der Waals surface area contributed by atoms with Gasteiger partial charge in [0.25, 0.3) is 0 Å². The Kier molecular flexibility index (Phi) is 3.98. The van der Waals surface area contributed by atoms with Gasteiger partial charge in [0.1, 0.15) is 5.04 Å². The van der Waals surface area contributed by atoms with E-state index in [0.717, 1.165) is 0 Å². The van der Waals surface area contributed by atoms with Crippen LogP contribution >= 0.6 is 0 Å². The van der Waals surface area contributed by atoms with Gasteiger partial charge < -0.3 is 0 Å². The van der Waals surface area contributed by atoms with Crippen molar-refractivity contribution >= 4 is 8.56 Å². The van der Waals surface area contributed by atoms with Gasteiger partial charge in [0.05, 0.1) is 42.3 Å². The Bertz CT molecular complexity index is 214. The number of hydrogen-bond donors (Lipinski definition) is 3. The molecule has 6 nitrogen and oxygen atoms in total. The first-order chi connectivity index (χ1) is 7.00. The zero-order valence-electron chi connectivity index (χ0n) is 13.1. The standard InChI is InChI=1S/C10H33N6Si/c1-10(2,3)17(14(4,5)11,15(6,7)12)16(8,9)13/h11-13H2,1-9H3/q+3. The third-order valence-corrected chi connectivity index (χ3v) is 10.3. The molecule has 0 heterocycles. The van der Waals surface area contributed by atoms with E-state index in [1.807, 2.05) is 42.3 Å². The van der Waals surface area contributed by atoms with Gasteiger partial charge in [-0.15, -0.1) is 0 Å². The van der Waals surface area contributed by atoms with E-state index in [1.165, 1.54) is 0 Å². The van der Waals surface area contributed by atoms with Gasteiger partial charge in [-0.3, -0.25) is 0 Å². The highest BCUT2D eigenvalue weighted by atomic mass is 28.4. The Morgan fingerprint density at radius 2 is 0.824 bits per heavy atom. The van der Waals surface area contributed by atoms with Crippen molar-refractivity contribution in [3.63, 3.8) is 0 Å². The Morgan fingerprint density at radius 1 is 0.647 bits per heavy atom. The monoisotopic (exact) mass is 265 g/mol. The van der Waals surface area contributed by atoms with Crippen LogP contribution in [0.2, 0.25) is 5.04 Å². The molecule has 0 atom stereocenters. The third-order valence-electron chi connectivity index (χ3n) is 3.42. The maximum Gasteiger partial charge on any atom is 0.824 e. The van der Waals surface area contributed by atoms with Crippen molar-refractivity contribution in [3.8, 4) is 0 Å². The van der Waals surface area contributed by atoms with Gasteiger partial charge in [-0.05, 0) is 20.8 Å². The molecule has 0 amide bonds. The number of nitrogens with zero attached hydrogens (tertiary/aromatic N) is 3. The van der Waals surface area contributed by atoms with Crippen LogP contribution in [0.1, 0.15) is 20.8 Å². The molecule has 0 spiro atoms. The largest absolute Gasteiger partial charge is 0.824 e. The van der Waals surface area contributed by atoms with Gasteiger partial charge in [0.2, 0.25) is 0 Å². The summed E-state index contributed by atoms with van der Waals surface area (Å²) in [7, 11) is 9.53. The van der Waals surface area contributed by atoms with Crippen LogP contribution in [0.5, 0.6) is 0 Å². The van der Waals surface area contributed by atoms with Crippen molar-refractivity contribution in [1.29, 1.82) is 0 Å². The first kappa shape index (κ1) is 17.0. The zero-order valence-corrected chi connectivity index (χ0v) is 14.1. The highest BCUT2D eigenvalue weighted by Crippen LogP contribution is 2.45. The van der Waals surface area contributed by atoms with Crippen LogP contribution < -0.4 is 17.5 Å². The predicted octanol–water partition coefficient (Wildman–Crippen LogP) is -0.424. The van der Waals surface area contributed by atoms with Crippen LogP contribution in [0.3, 0.4) is 0 Å². The molecule has 0 aromatic heterocycles. The molecule has 0 saturated carbocycles. The smallest absolute Gasteiger partial charge is 0.211 e. The maximum atomic E-state index is 6.48. The van der Waals surface area contributed by atoms with Crippen molar-refractivity contribution in [1.82, 2.24) is 0 Å². The quantitative estimate of drug-likeness (QED) is 0.368. The fraction of sp³-hybridized carbons (Fsp3) is 1.00. The minimum Gasteiger partial charge on any atom is -0.211 e. The summed E-state index contributed by atoms with van der Waals surface area (Å²) in [6, 6.07) is 0. The van der Waals surface area contributed by atoms with Gasteiger partial charge >= 0.3 is 8.56 Å². The van der Waals surface area contributed by atoms with E-state index in [2.05, 4.69) is 20.8 Å². The first-order valence-corrected chi connectivity index (χ1v) is 7.72. The molecule has 0 unspecified atom stereocenters. The Labute approximate surface area is 107 Å². The van der Waals surface area contributed by atoms with Crippen LogP contribution in [-0.4, -0.2) is 63.6 Å². The minimum atomic E-state index is -2.46. The lowest BCUT2D eigenvalue weighted by molar-refractivity contribution is -1.04. The van der Waals surface area contributed by atoms with E-state index in [4.69, 9.17) is 17.5 Å². The summed E-state index contributed by atoms with van der Waals surface area (Å²) in [4.78, 5) is 0. The number of rotatable bonds is 3. The molecule has 0 radical (unpaired) electrons. The van der Waals surface area contributed by atoms with Gasteiger partial charge in [-0.2, -0.15) is 17.5 Å². The van der Waals surface area contributed by atoms with E-state index in [9.17, 15) is 0 Å². The second-order valence-corrected chi connectivity index (χ2v) is 13.7. The maximum absolute atomic E-state index is 6.48. The molecule has 104 valence electrons. The zero-order chi connectivity index (χ0) is 14.5. The van der Waals surface area contributed by atoms with Crippen LogP contribution in [0, 0.1) is 0 Å². The van der Waals surface area contributed by atoms with E-state index in [1.54, 1.807) is 0 Å². The molecule has 0 aliphatic rings. The highest BCUT2D eigenvalue weighted by molar-refractivity contribution is 6.61. The molecule has 0 rings (SSSR count). The van der Waals surface area contributed by atoms with Crippen molar-refractivity contribution in [2.75, 3.05) is 42.3 Å². The number of quaternary nitrogens is 3. The first-order valence-electron chi connectivity index (χ1n) is 5.88. The molecule has 17 heavy (non-hydrogen) atoms. The van der Waals surface area contributed by atoms with E-state index in [-0.39, 0.29) is 5.04 Å². The number of nitrogens with two attached hydrogens (primary N) is 3. The summed E-state index contributed by atoms with van der Waals surface area (Å²) in [6.45, 7) is 6.56. The molecule has 0 fully saturated rings. The summed E-state index contributed by atoms with van der Waals surface area (Å²) in [5.74, 6) is 19.4. The fourth-order valence-electron chi connectivity index (χ4n) is 4.59. The van der Waals surface area contributed by atoms with Gasteiger partial charge in [-0.25, -0.2) is 12.8 Å². The Hall–Kier alpha value is -0.0231. The Morgan fingerprint density at radius 3 is 0.824 bits per heavy atom. The molecule has 0 bridgehead atoms. The van der Waals surface area contributed by atoms with E-state index in [0.29, 0.717) is 12.8 Å². The molecule has 0 aromatic carbocycles. The van der Waals surface area contributed by atoms with Crippen LogP contribution in [-0.2, 0) is 0 Å². The summed E-state index contributed by atoms with van der Waals surface area (Å²) < 4.78 is 0.969. The van der Waals surface area contributed by atoms with Crippen molar-refractivity contribution in [2.45, 2.75) is 25.8 Å². The molecule has 0 aliphatic heterocycles. The van der Waals surface area contributed by atoms with Crippen molar-refractivity contribution < 1.29 is 12.8 Å². The van der Waals surface area contributed by atoms with Gasteiger partial charge in [0.15, 0.2) is 0 Å². The molecular formula is C10H33N6Si+3. The summed E-state index contributed by atoms with van der Waals surface area (Å²) >= 11 is 0. The summed E-state index contributed by atoms with van der Waals surface area (Å²) in [6.07, 6.45) is 0. The predicted molar refractivity (Wildman–Crippen MR) is 74.4 cm³/mol. The average molecular weight is 266 g/mol. The lowest BCUT2D eigenvalue weighted by atomic mass is 10.2. The molecule has 0 aliphatic carbocycles. The second-order valence-electron chi connectivity index (χ2n) is 7.51. The van der Waals surface area contributed by atoms with Gasteiger partial charge in [0, 0.05) is 0 Å². The van der Waals surface area contributed by atoms with E-state index < -0.39 is 8.56 Å². The lowest BCUT2D eigenvalue weighted by Crippen LogP contribution is -2.97. The lowest BCUT2D eigenvalue weighted by Gasteiger charge is -2.53. The number of hydrogen-bond acceptors (Lipinski definition) is 3. The molecule has 0 saturated heterocycles. The molecule has 7 heteroatoms. The SMILES string of the molecule is CC(C)(C)[Si]([N+](C)(C)N)([N+](C)(C)N)[N+](C)(C)N.